The lowest BCUT2D eigenvalue weighted by Crippen LogP contribution is -2.62. The minimum Gasteiger partial charge on any atom is -0.333 e. The number of urea groups is 1. The van der Waals surface area contributed by atoms with E-state index in [1.807, 2.05) is 0 Å². The Hall–Kier alpha value is -0.730. The van der Waals surface area contributed by atoms with Crippen molar-refractivity contribution in [3.8, 4) is 0 Å². The van der Waals surface area contributed by atoms with E-state index in [0.29, 0.717) is 5.41 Å². The molecule has 4 aliphatic carbocycles. The number of likely N-dealkylation sites (tertiary alicyclic amines) is 1. The van der Waals surface area contributed by atoms with Gasteiger partial charge in [0.05, 0.1) is 0 Å². The minimum atomic E-state index is 0.165. The first-order valence-corrected chi connectivity index (χ1v) is 9.00. The van der Waals surface area contributed by atoms with Crippen molar-refractivity contribution in [2.75, 3.05) is 13.1 Å². The quantitative estimate of drug-likeness (QED) is 0.783. The second-order valence-corrected chi connectivity index (χ2v) is 9.28. The fourth-order valence-corrected chi connectivity index (χ4v) is 5.88. The maximum atomic E-state index is 12.7. The Bertz CT molecular complexity index is 397. The molecule has 118 valence electrons. The lowest BCUT2D eigenvalue weighted by molar-refractivity contribution is -0.0165. The van der Waals surface area contributed by atoms with Gasteiger partial charge in [0.1, 0.15) is 0 Å². The SMILES string of the molecule is CC1(C)CCN(C(=O)NC23CC4CC(CC(C4)C2)C3)CC1. The Labute approximate surface area is 128 Å². The Morgan fingerprint density at radius 2 is 1.43 bits per heavy atom. The average Bonchev–Trinajstić information content (AvgIpc) is 2.35. The van der Waals surface area contributed by atoms with Crippen LogP contribution in [0.5, 0.6) is 0 Å². The van der Waals surface area contributed by atoms with E-state index >= 15 is 0 Å². The lowest BCUT2D eigenvalue weighted by atomic mass is 9.53. The number of piperidine rings is 1. The first-order chi connectivity index (χ1) is 9.93. The zero-order chi connectivity index (χ0) is 14.7. The fraction of sp³-hybridized carbons (Fsp3) is 0.944. The number of carbonyl (C=O) groups is 1. The molecule has 1 heterocycles. The van der Waals surface area contributed by atoms with Crippen LogP contribution in [0.15, 0.2) is 0 Å². The number of amides is 2. The van der Waals surface area contributed by atoms with Crippen LogP contribution in [0.25, 0.3) is 0 Å². The largest absolute Gasteiger partial charge is 0.333 e. The van der Waals surface area contributed by atoms with Crippen molar-refractivity contribution in [3.63, 3.8) is 0 Å². The van der Waals surface area contributed by atoms with E-state index in [2.05, 4.69) is 24.1 Å². The van der Waals surface area contributed by atoms with E-state index in [4.69, 9.17) is 0 Å². The molecule has 0 aromatic rings. The highest BCUT2D eigenvalue weighted by atomic mass is 16.2. The Morgan fingerprint density at radius 3 is 1.90 bits per heavy atom. The molecule has 5 aliphatic rings. The Balaban J connectivity index is 1.41. The highest BCUT2D eigenvalue weighted by molar-refractivity contribution is 5.75. The van der Waals surface area contributed by atoms with E-state index in [-0.39, 0.29) is 11.6 Å². The van der Waals surface area contributed by atoms with Gasteiger partial charge in [-0.1, -0.05) is 13.8 Å². The molecule has 0 atom stereocenters. The van der Waals surface area contributed by atoms with Gasteiger partial charge in [-0.05, 0) is 74.5 Å². The highest BCUT2D eigenvalue weighted by Gasteiger charge is 2.51. The molecule has 0 aromatic heterocycles. The van der Waals surface area contributed by atoms with Gasteiger partial charge >= 0.3 is 6.03 Å². The summed E-state index contributed by atoms with van der Waals surface area (Å²) in [5.41, 5.74) is 0.580. The van der Waals surface area contributed by atoms with Crippen LogP contribution >= 0.6 is 0 Å². The monoisotopic (exact) mass is 290 g/mol. The molecule has 5 fully saturated rings. The van der Waals surface area contributed by atoms with Crippen LogP contribution in [-0.4, -0.2) is 29.6 Å². The second kappa shape index (κ2) is 4.63. The molecule has 5 rings (SSSR count). The molecule has 0 radical (unpaired) electrons. The van der Waals surface area contributed by atoms with Crippen LogP contribution in [0, 0.1) is 23.2 Å². The van der Waals surface area contributed by atoms with Crippen LogP contribution in [-0.2, 0) is 0 Å². The molecule has 0 unspecified atom stereocenters. The van der Waals surface area contributed by atoms with Crippen LogP contribution < -0.4 is 5.32 Å². The van der Waals surface area contributed by atoms with Crippen LogP contribution in [0.1, 0.15) is 65.2 Å². The molecule has 0 aromatic carbocycles. The molecular weight excluding hydrogens is 260 g/mol. The van der Waals surface area contributed by atoms with E-state index in [9.17, 15) is 4.79 Å². The van der Waals surface area contributed by atoms with Crippen molar-refractivity contribution in [1.82, 2.24) is 10.2 Å². The topological polar surface area (TPSA) is 32.3 Å². The minimum absolute atomic E-state index is 0.165. The van der Waals surface area contributed by atoms with E-state index in [1.165, 1.54) is 38.5 Å². The van der Waals surface area contributed by atoms with Gasteiger partial charge in [0, 0.05) is 18.6 Å². The molecule has 3 heteroatoms. The summed E-state index contributed by atoms with van der Waals surface area (Å²) in [6, 6.07) is 0.229. The molecule has 1 N–H and O–H groups in total. The molecule has 1 aliphatic heterocycles. The van der Waals surface area contributed by atoms with Crippen molar-refractivity contribution >= 4 is 6.03 Å². The molecule has 3 nitrogen and oxygen atoms in total. The Morgan fingerprint density at radius 1 is 0.952 bits per heavy atom. The highest BCUT2D eigenvalue weighted by Crippen LogP contribution is 2.55. The van der Waals surface area contributed by atoms with Gasteiger partial charge in [0.2, 0.25) is 0 Å². The van der Waals surface area contributed by atoms with Crippen LogP contribution in [0.3, 0.4) is 0 Å². The summed E-state index contributed by atoms with van der Waals surface area (Å²) >= 11 is 0. The molecule has 2 amide bonds. The van der Waals surface area contributed by atoms with Crippen LogP contribution in [0.4, 0.5) is 4.79 Å². The zero-order valence-corrected chi connectivity index (χ0v) is 13.7. The van der Waals surface area contributed by atoms with E-state index in [1.54, 1.807) is 0 Å². The average molecular weight is 290 g/mol. The summed E-state index contributed by atoms with van der Waals surface area (Å²) in [5.74, 6) is 2.70. The van der Waals surface area contributed by atoms with Crippen molar-refractivity contribution < 1.29 is 4.79 Å². The Kier molecular flexibility index (Phi) is 3.07. The van der Waals surface area contributed by atoms with Gasteiger partial charge in [-0.25, -0.2) is 4.79 Å². The number of hydrogen-bond donors (Lipinski definition) is 1. The maximum absolute atomic E-state index is 12.7. The molecule has 21 heavy (non-hydrogen) atoms. The molecule has 0 spiro atoms. The third-order valence-electron chi connectivity index (χ3n) is 6.81. The standard InChI is InChI=1S/C18H30N2O/c1-17(2)3-5-20(6-4-17)16(21)19-18-10-13-7-14(11-18)9-15(8-13)12-18/h13-15H,3-12H2,1-2H3,(H,19,21). The summed E-state index contributed by atoms with van der Waals surface area (Å²) in [5, 5.41) is 3.51. The summed E-state index contributed by atoms with van der Waals surface area (Å²) < 4.78 is 0. The number of carbonyl (C=O) groups excluding carboxylic acids is 1. The molecule has 1 saturated heterocycles. The predicted molar refractivity (Wildman–Crippen MR) is 84.0 cm³/mol. The number of nitrogens with one attached hydrogen (secondary N) is 1. The van der Waals surface area contributed by atoms with Crippen molar-refractivity contribution in [2.24, 2.45) is 23.2 Å². The second-order valence-electron chi connectivity index (χ2n) is 9.28. The summed E-state index contributed by atoms with van der Waals surface area (Å²) in [6.07, 6.45) is 10.4. The first-order valence-electron chi connectivity index (χ1n) is 9.00. The molecular formula is C18H30N2O. The van der Waals surface area contributed by atoms with Gasteiger partial charge in [0.15, 0.2) is 0 Å². The van der Waals surface area contributed by atoms with Gasteiger partial charge in [0.25, 0.3) is 0 Å². The van der Waals surface area contributed by atoms with E-state index < -0.39 is 0 Å². The van der Waals surface area contributed by atoms with Gasteiger partial charge < -0.3 is 10.2 Å². The third kappa shape index (κ3) is 2.57. The van der Waals surface area contributed by atoms with Gasteiger partial charge in [-0.3, -0.25) is 0 Å². The number of rotatable bonds is 1. The van der Waals surface area contributed by atoms with Crippen molar-refractivity contribution in [3.05, 3.63) is 0 Å². The number of hydrogen-bond acceptors (Lipinski definition) is 1. The summed E-state index contributed by atoms with van der Waals surface area (Å²) in [6.45, 7) is 6.51. The molecule has 4 bridgehead atoms. The first kappa shape index (κ1) is 13.9. The lowest BCUT2D eigenvalue weighted by Gasteiger charge is -2.57. The van der Waals surface area contributed by atoms with Crippen LogP contribution in [0.2, 0.25) is 0 Å². The van der Waals surface area contributed by atoms with Crippen molar-refractivity contribution in [2.45, 2.75) is 70.8 Å². The maximum Gasteiger partial charge on any atom is 0.317 e. The normalized spacial score (nSPS) is 43.9. The smallest absolute Gasteiger partial charge is 0.317 e. The van der Waals surface area contributed by atoms with Gasteiger partial charge in [-0.2, -0.15) is 0 Å². The van der Waals surface area contributed by atoms with E-state index in [0.717, 1.165) is 43.7 Å². The summed E-state index contributed by atoms with van der Waals surface area (Å²) in [7, 11) is 0. The molecule has 4 saturated carbocycles. The fourth-order valence-electron chi connectivity index (χ4n) is 5.88. The van der Waals surface area contributed by atoms with Crippen molar-refractivity contribution in [1.29, 1.82) is 0 Å². The summed E-state index contributed by atoms with van der Waals surface area (Å²) in [4.78, 5) is 14.8. The number of nitrogens with zero attached hydrogens (tertiary/aromatic N) is 1. The zero-order valence-electron chi connectivity index (χ0n) is 13.7. The van der Waals surface area contributed by atoms with Gasteiger partial charge in [-0.15, -0.1) is 0 Å². The predicted octanol–water partition coefficient (Wildman–Crippen LogP) is 3.79. The third-order valence-corrected chi connectivity index (χ3v) is 6.81.